The fourth-order valence-corrected chi connectivity index (χ4v) is 4.34. The van der Waals surface area contributed by atoms with E-state index < -0.39 is 5.25 Å². The van der Waals surface area contributed by atoms with Crippen LogP contribution in [0.4, 0.5) is 5.69 Å². The third-order valence-electron chi connectivity index (χ3n) is 5.15. The molecule has 4 aromatic rings. The van der Waals surface area contributed by atoms with Gasteiger partial charge in [0.2, 0.25) is 11.1 Å². The number of carbonyl (C=O) groups excluding carboxylic acids is 1. The van der Waals surface area contributed by atoms with Crippen molar-refractivity contribution in [1.82, 2.24) is 14.9 Å². The number of methoxy groups -OCH3 is 1. The van der Waals surface area contributed by atoms with Crippen LogP contribution in [0.25, 0.3) is 11.4 Å². The van der Waals surface area contributed by atoms with Gasteiger partial charge in [0.15, 0.2) is 5.82 Å². The molecule has 168 valence electrons. The molecular weight excluding hydrogens is 434 g/mol. The smallest absolute Gasteiger partial charge is 0.242 e. The Kier molecular flexibility index (Phi) is 6.65. The highest BCUT2D eigenvalue weighted by Crippen LogP contribution is 2.37. The van der Waals surface area contributed by atoms with E-state index in [1.165, 1.54) is 16.4 Å². The van der Waals surface area contributed by atoms with Crippen LogP contribution in [0.1, 0.15) is 21.9 Å². The molecule has 1 atom stereocenters. The van der Waals surface area contributed by atoms with E-state index in [0.717, 1.165) is 22.3 Å². The van der Waals surface area contributed by atoms with Crippen molar-refractivity contribution in [3.05, 3.63) is 89.5 Å². The molecule has 1 heterocycles. The maximum absolute atomic E-state index is 13.4. The number of benzene rings is 3. The molecule has 0 saturated heterocycles. The van der Waals surface area contributed by atoms with Gasteiger partial charge in [-0.2, -0.15) is 0 Å². The molecule has 0 fully saturated rings. The van der Waals surface area contributed by atoms with Crippen LogP contribution < -0.4 is 15.9 Å². The maximum atomic E-state index is 13.4. The summed E-state index contributed by atoms with van der Waals surface area (Å²) < 4.78 is 6.84. The number of amides is 1. The predicted molar refractivity (Wildman–Crippen MR) is 132 cm³/mol. The zero-order valence-electron chi connectivity index (χ0n) is 18.6. The number of rotatable bonds is 7. The van der Waals surface area contributed by atoms with Crippen LogP contribution in [-0.4, -0.2) is 27.9 Å². The average Bonchev–Trinajstić information content (AvgIpc) is 3.18. The molecule has 0 bridgehead atoms. The number of carbonyl (C=O) groups is 1. The highest BCUT2D eigenvalue weighted by Gasteiger charge is 2.26. The average molecular weight is 460 g/mol. The molecule has 0 spiro atoms. The number of hydrogen-bond acceptors (Lipinski definition) is 6. The fraction of sp³-hybridized carbons (Fsp3) is 0.160. The molecule has 33 heavy (non-hydrogen) atoms. The number of nitrogen functional groups attached to an aromatic ring is 1. The quantitative estimate of drug-likeness (QED) is 0.306. The van der Waals surface area contributed by atoms with Crippen LogP contribution in [0, 0.1) is 13.8 Å². The van der Waals surface area contributed by atoms with Gasteiger partial charge in [0.05, 0.1) is 12.8 Å². The number of thioether (sulfide) groups is 1. The molecule has 1 unspecified atom stereocenters. The molecule has 3 aromatic carbocycles. The van der Waals surface area contributed by atoms with Gasteiger partial charge >= 0.3 is 0 Å². The number of nitrogens with one attached hydrogen (secondary N) is 1. The Morgan fingerprint density at radius 1 is 1.00 bits per heavy atom. The number of hydrogen-bond donors (Lipinski definition) is 2. The minimum Gasteiger partial charge on any atom is -0.495 e. The van der Waals surface area contributed by atoms with Gasteiger partial charge in [-0.3, -0.25) is 4.79 Å². The number of anilines is 1. The van der Waals surface area contributed by atoms with Crippen LogP contribution in [0.2, 0.25) is 0 Å². The Morgan fingerprint density at radius 3 is 2.39 bits per heavy atom. The van der Waals surface area contributed by atoms with Gasteiger partial charge in [-0.1, -0.05) is 78.0 Å². The van der Waals surface area contributed by atoms with Gasteiger partial charge in [0.1, 0.15) is 11.0 Å². The van der Waals surface area contributed by atoms with Gasteiger partial charge in [-0.25, -0.2) is 4.68 Å². The molecule has 3 N–H and O–H groups in total. The first kappa shape index (κ1) is 22.4. The Balaban J connectivity index is 1.65. The summed E-state index contributed by atoms with van der Waals surface area (Å²) in [7, 11) is 1.58. The third kappa shape index (κ3) is 5.01. The molecule has 0 aliphatic heterocycles. The molecule has 8 heteroatoms. The number of aryl methyl sites for hydroxylation is 2. The standard InChI is InChI=1S/C25H25N5O2S/c1-16-9-12-19(13-10-16)23-28-29-25(30(23)26)33-22(18-7-5-4-6-8-18)24(31)27-20-15-17(2)11-14-21(20)32-3/h4-15,22H,26H2,1-3H3,(H,27,31). The van der Waals surface area contributed by atoms with Crippen molar-refractivity contribution in [2.75, 3.05) is 18.3 Å². The zero-order valence-corrected chi connectivity index (χ0v) is 19.5. The molecule has 4 rings (SSSR count). The van der Waals surface area contributed by atoms with E-state index in [0.29, 0.717) is 22.4 Å². The summed E-state index contributed by atoms with van der Waals surface area (Å²) in [4.78, 5) is 13.4. The van der Waals surface area contributed by atoms with E-state index in [2.05, 4.69) is 15.5 Å². The van der Waals surface area contributed by atoms with E-state index >= 15 is 0 Å². The molecule has 0 saturated carbocycles. The van der Waals surface area contributed by atoms with Gasteiger partial charge in [-0.15, -0.1) is 10.2 Å². The monoisotopic (exact) mass is 459 g/mol. The second-order valence-electron chi connectivity index (χ2n) is 7.64. The summed E-state index contributed by atoms with van der Waals surface area (Å²) in [6.07, 6.45) is 0. The van der Waals surface area contributed by atoms with Crippen LogP contribution in [0.15, 0.2) is 78.0 Å². The third-order valence-corrected chi connectivity index (χ3v) is 6.36. The van der Waals surface area contributed by atoms with Crippen molar-refractivity contribution >= 4 is 23.4 Å². The van der Waals surface area contributed by atoms with Crippen molar-refractivity contribution in [3.8, 4) is 17.1 Å². The van der Waals surface area contributed by atoms with Crippen LogP contribution in [0.5, 0.6) is 5.75 Å². The Bertz CT molecular complexity index is 1260. The van der Waals surface area contributed by atoms with Gasteiger partial charge in [0, 0.05) is 5.56 Å². The first-order valence-corrected chi connectivity index (χ1v) is 11.3. The molecule has 1 amide bonds. The minimum atomic E-state index is -0.603. The summed E-state index contributed by atoms with van der Waals surface area (Å²) in [6, 6.07) is 23.0. The van der Waals surface area contributed by atoms with Gasteiger partial charge in [0.25, 0.3) is 0 Å². The summed E-state index contributed by atoms with van der Waals surface area (Å²) in [5, 5.41) is 11.4. The molecule has 1 aromatic heterocycles. The van der Waals surface area contributed by atoms with Crippen molar-refractivity contribution in [2.24, 2.45) is 0 Å². The van der Waals surface area contributed by atoms with E-state index in [-0.39, 0.29) is 5.91 Å². The second kappa shape index (κ2) is 9.79. The van der Waals surface area contributed by atoms with E-state index in [1.807, 2.05) is 86.6 Å². The normalized spacial score (nSPS) is 11.7. The van der Waals surface area contributed by atoms with E-state index in [9.17, 15) is 4.79 Å². The maximum Gasteiger partial charge on any atom is 0.242 e. The SMILES string of the molecule is COc1ccc(C)cc1NC(=O)C(Sc1nnc(-c2ccc(C)cc2)n1N)c1ccccc1. The van der Waals surface area contributed by atoms with Crippen molar-refractivity contribution in [1.29, 1.82) is 0 Å². The number of aromatic nitrogens is 3. The largest absolute Gasteiger partial charge is 0.495 e. The Labute approximate surface area is 197 Å². The zero-order chi connectivity index (χ0) is 23.4. The lowest BCUT2D eigenvalue weighted by atomic mass is 10.1. The Morgan fingerprint density at radius 2 is 1.70 bits per heavy atom. The van der Waals surface area contributed by atoms with E-state index in [1.54, 1.807) is 7.11 Å². The lowest BCUT2D eigenvalue weighted by Crippen LogP contribution is -2.21. The van der Waals surface area contributed by atoms with E-state index in [4.69, 9.17) is 10.6 Å². The lowest BCUT2D eigenvalue weighted by molar-refractivity contribution is -0.115. The van der Waals surface area contributed by atoms with Crippen molar-refractivity contribution in [3.63, 3.8) is 0 Å². The van der Waals surface area contributed by atoms with Crippen molar-refractivity contribution in [2.45, 2.75) is 24.3 Å². The van der Waals surface area contributed by atoms with Crippen LogP contribution in [-0.2, 0) is 4.79 Å². The summed E-state index contributed by atoms with van der Waals surface area (Å²) in [5.74, 6) is 7.25. The molecule has 0 radical (unpaired) electrons. The van der Waals surface area contributed by atoms with Gasteiger partial charge in [-0.05, 0) is 37.1 Å². The highest BCUT2D eigenvalue weighted by molar-refractivity contribution is 8.00. The molecule has 0 aliphatic carbocycles. The highest BCUT2D eigenvalue weighted by atomic mass is 32.2. The first-order valence-electron chi connectivity index (χ1n) is 10.4. The second-order valence-corrected chi connectivity index (χ2v) is 8.72. The minimum absolute atomic E-state index is 0.213. The molecule has 7 nitrogen and oxygen atoms in total. The summed E-state index contributed by atoms with van der Waals surface area (Å²) in [6.45, 7) is 3.98. The number of ether oxygens (including phenoxy) is 1. The number of nitrogens with two attached hydrogens (primary N) is 1. The summed E-state index contributed by atoms with van der Waals surface area (Å²) >= 11 is 1.24. The summed E-state index contributed by atoms with van der Waals surface area (Å²) in [5.41, 5.74) is 4.45. The molecule has 0 aliphatic rings. The van der Waals surface area contributed by atoms with Crippen LogP contribution in [0.3, 0.4) is 0 Å². The van der Waals surface area contributed by atoms with Crippen molar-refractivity contribution < 1.29 is 9.53 Å². The topological polar surface area (TPSA) is 95.1 Å². The number of nitrogens with zero attached hydrogens (tertiary/aromatic N) is 3. The van der Waals surface area contributed by atoms with Gasteiger partial charge < -0.3 is 15.9 Å². The lowest BCUT2D eigenvalue weighted by Gasteiger charge is -2.18. The first-order chi connectivity index (χ1) is 16.0. The Hall–Kier alpha value is -3.78. The van der Waals surface area contributed by atoms with Crippen LogP contribution >= 0.6 is 11.8 Å². The fourth-order valence-electron chi connectivity index (χ4n) is 3.38. The molecular formula is C25H25N5O2S. The predicted octanol–water partition coefficient (Wildman–Crippen LogP) is 4.76.